The van der Waals surface area contributed by atoms with E-state index in [0.29, 0.717) is 6.04 Å². The lowest BCUT2D eigenvalue weighted by Gasteiger charge is -2.24. The van der Waals surface area contributed by atoms with Crippen LogP contribution in [0.15, 0.2) is 18.2 Å². The molecule has 1 aliphatic carbocycles. The zero-order valence-electron chi connectivity index (χ0n) is 10.1. The molecule has 0 radical (unpaired) electrons. The third-order valence-electron chi connectivity index (χ3n) is 3.97. The highest BCUT2D eigenvalue weighted by Gasteiger charge is 2.39. The minimum absolute atomic E-state index is 0.0810. The van der Waals surface area contributed by atoms with Crippen LogP contribution in [0.4, 0.5) is 5.69 Å². The summed E-state index contributed by atoms with van der Waals surface area (Å²) in [6.07, 6.45) is 4.69. The molecule has 90 valence electrons. The maximum Gasteiger partial charge on any atom is 0.248 e. The Labute approximate surface area is 102 Å². The van der Waals surface area contributed by atoms with Crippen molar-refractivity contribution in [3.05, 3.63) is 29.3 Å². The van der Waals surface area contributed by atoms with Gasteiger partial charge in [-0.25, -0.2) is 0 Å². The highest BCUT2D eigenvalue weighted by atomic mass is 16.2. The van der Waals surface area contributed by atoms with Gasteiger partial charge < -0.3 is 10.6 Å². The summed E-state index contributed by atoms with van der Waals surface area (Å²) in [5, 5.41) is 0. The number of benzene rings is 1. The van der Waals surface area contributed by atoms with Crippen molar-refractivity contribution in [1.82, 2.24) is 0 Å². The summed E-state index contributed by atoms with van der Waals surface area (Å²) < 4.78 is 0. The summed E-state index contributed by atoms with van der Waals surface area (Å²) >= 11 is 0. The number of carbonyl (C=O) groups excluding carboxylic acids is 1. The highest BCUT2D eigenvalue weighted by molar-refractivity contribution is 6.05. The van der Waals surface area contributed by atoms with Crippen molar-refractivity contribution in [3.8, 4) is 0 Å². The standard InChI is InChI=1S/C14H18N2O/c1-9-6-7-12-11(8-9)13(15)14(17)16(12)10-4-2-3-5-10/h6-8,10,13H,2-5,15H2,1H3. The number of rotatable bonds is 1. The van der Waals surface area contributed by atoms with E-state index in [1.165, 1.54) is 18.4 Å². The van der Waals surface area contributed by atoms with Crippen molar-refractivity contribution < 1.29 is 4.79 Å². The molecule has 1 saturated carbocycles. The molecule has 3 rings (SSSR count). The Kier molecular flexibility index (Phi) is 2.44. The number of amides is 1. The summed E-state index contributed by atoms with van der Waals surface area (Å²) in [6, 6.07) is 6.08. The Morgan fingerprint density at radius 2 is 2.00 bits per heavy atom. The average molecular weight is 230 g/mol. The summed E-state index contributed by atoms with van der Waals surface area (Å²) in [7, 11) is 0. The van der Waals surface area contributed by atoms with Gasteiger partial charge in [0, 0.05) is 17.3 Å². The summed E-state index contributed by atoms with van der Waals surface area (Å²) in [5.74, 6) is 0.0810. The number of anilines is 1. The molecule has 1 fully saturated rings. The Morgan fingerprint density at radius 3 is 2.71 bits per heavy atom. The molecule has 0 bridgehead atoms. The maximum absolute atomic E-state index is 12.3. The van der Waals surface area contributed by atoms with Crippen LogP contribution in [0.1, 0.15) is 42.9 Å². The molecule has 1 aliphatic heterocycles. The quantitative estimate of drug-likeness (QED) is 0.804. The third kappa shape index (κ3) is 1.57. The Balaban J connectivity index is 2.04. The van der Waals surface area contributed by atoms with Crippen LogP contribution in [-0.2, 0) is 4.79 Å². The fraction of sp³-hybridized carbons (Fsp3) is 0.500. The zero-order valence-corrected chi connectivity index (χ0v) is 10.1. The zero-order chi connectivity index (χ0) is 12.0. The average Bonchev–Trinajstić information content (AvgIpc) is 2.90. The topological polar surface area (TPSA) is 46.3 Å². The fourth-order valence-electron chi connectivity index (χ4n) is 3.08. The molecule has 3 heteroatoms. The van der Waals surface area contributed by atoms with Crippen LogP contribution in [-0.4, -0.2) is 11.9 Å². The number of nitrogens with zero attached hydrogens (tertiary/aromatic N) is 1. The molecule has 0 spiro atoms. The molecule has 1 atom stereocenters. The number of hydrogen-bond acceptors (Lipinski definition) is 2. The molecule has 0 saturated heterocycles. The van der Waals surface area contributed by atoms with Crippen molar-refractivity contribution in [3.63, 3.8) is 0 Å². The van der Waals surface area contributed by atoms with Gasteiger partial charge in [0.05, 0.1) is 0 Å². The molecular formula is C14H18N2O. The van der Waals surface area contributed by atoms with E-state index in [0.717, 1.165) is 24.1 Å². The van der Waals surface area contributed by atoms with E-state index in [4.69, 9.17) is 5.73 Å². The van der Waals surface area contributed by atoms with Gasteiger partial charge in [0.2, 0.25) is 5.91 Å². The van der Waals surface area contributed by atoms with Crippen LogP contribution < -0.4 is 10.6 Å². The van der Waals surface area contributed by atoms with Gasteiger partial charge in [0.15, 0.2) is 0 Å². The lowest BCUT2D eigenvalue weighted by atomic mass is 10.1. The molecule has 1 unspecified atom stereocenters. The van der Waals surface area contributed by atoms with E-state index in [1.54, 1.807) is 0 Å². The second-order valence-electron chi connectivity index (χ2n) is 5.19. The van der Waals surface area contributed by atoms with Gasteiger partial charge in [-0.05, 0) is 25.8 Å². The van der Waals surface area contributed by atoms with E-state index in [-0.39, 0.29) is 5.91 Å². The number of fused-ring (bicyclic) bond motifs is 1. The highest BCUT2D eigenvalue weighted by Crippen LogP contribution is 2.39. The van der Waals surface area contributed by atoms with Crippen LogP contribution in [0.2, 0.25) is 0 Å². The van der Waals surface area contributed by atoms with E-state index in [1.807, 2.05) is 24.0 Å². The summed E-state index contributed by atoms with van der Waals surface area (Å²) in [4.78, 5) is 14.2. The van der Waals surface area contributed by atoms with Gasteiger partial charge >= 0.3 is 0 Å². The van der Waals surface area contributed by atoms with Gasteiger partial charge in [-0.15, -0.1) is 0 Å². The minimum Gasteiger partial charge on any atom is -0.316 e. The molecule has 17 heavy (non-hydrogen) atoms. The van der Waals surface area contributed by atoms with Crippen molar-refractivity contribution in [2.24, 2.45) is 5.73 Å². The number of carbonyl (C=O) groups is 1. The lowest BCUT2D eigenvalue weighted by Crippen LogP contribution is -2.38. The first-order valence-electron chi connectivity index (χ1n) is 6.37. The molecule has 2 aliphatic rings. The fourth-order valence-corrected chi connectivity index (χ4v) is 3.08. The van der Waals surface area contributed by atoms with Gasteiger partial charge in [-0.1, -0.05) is 30.5 Å². The first-order chi connectivity index (χ1) is 8.18. The van der Waals surface area contributed by atoms with E-state index >= 15 is 0 Å². The maximum atomic E-state index is 12.3. The van der Waals surface area contributed by atoms with Crippen molar-refractivity contribution in [2.45, 2.75) is 44.7 Å². The Hall–Kier alpha value is -1.35. The van der Waals surface area contributed by atoms with Crippen LogP contribution in [0.25, 0.3) is 0 Å². The van der Waals surface area contributed by atoms with Crippen LogP contribution in [0, 0.1) is 6.92 Å². The van der Waals surface area contributed by atoms with Crippen LogP contribution in [0.3, 0.4) is 0 Å². The van der Waals surface area contributed by atoms with Crippen molar-refractivity contribution in [1.29, 1.82) is 0 Å². The third-order valence-corrected chi connectivity index (χ3v) is 3.97. The molecule has 1 aromatic carbocycles. The largest absolute Gasteiger partial charge is 0.316 e. The molecule has 0 aromatic heterocycles. The minimum atomic E-state index is -0.453. The number of aryl methyl sites for hydroxylation is 1. The molecule has 1 heterocycles. The predicted octanol–water partition coefficient (Wildman–Crippen LogP) is 2.28. The first-order valence-corrected chi connectivity index (χ1v) is 6.37. The van der Waals surface area contributed by atoms with E-state index in [9.17, 15) is 4.79 Å². The van der Waals surface area contributed by atoms with Gasteiger partial charge in [0.25, 0.3) is 0 Å². The van der Waals surface area contributed by atoms with Crippen molar-refractivity contribution in [2.75, 3.05) is 4.90 Å². The van der Waals surface area contributed by atoms with Gasteiger partial charge in [0.1, 0.15) is 6.04 Å². The Morgan fingerprint density at radius 1 is 1.29 bits per heavy atom. The van der Waals surface area contributed by atoms with Crippen LogP contribution in [0.5, 0.6) is 0 Å². The first kappa shape index (κ1) is 10.8. The lowest BCUT2D eigenvalue weighted by molar-refractivity contribution is -0.119. The Bertz CT molecular complexity index is 463. The number of nitrogens with two attached hydrogens (primary N) is 1. The monoisotopic (exact) mass is 230 g/mol. The summed E-state index contributed by atoms with van der Waals surface area (Å²) in [5.41, 5.74) is 9.24. The van der Waals surface area contributed by atoms with Gasteiger partial charge in [-0.2, -0.15) is 0 Å². The van der Waals surface area contributed by atoms with Crippen molar-refractivity contribution >= 4 is 11.6 Å². The number of hydrogen-bond donors (Lipinski definition) is 1. The molecule has 1 amide bonds. The second kappa shape index (κ2) is 3.84. The predicted molar refractivity (Wildman–Crippen MR) is 67.8 cm³/mol. The molecule has 2 N–H and O–H groups in total. The SMILES string of the molecule is Cc1ccc2c(c1)C(N)C(=O)N2C1CCCC1. The molecular weight excluding hydrogens is 212 g/mol. The molecule has 3 nitrogen and oxygen atoms in total. The second-order valence-corrected chi connectivity index (χ2v) is 5.19. The summed E-state index contributed by atoms with van der Waals surface area (Å²) in [6.45, 7) is 2.04. The normalized spacial score (nSPS) is 24.5. The van der Waals surface area contributed by atoms with Crippen LogP contribution >= 0.6 is 0 Å². The smallest absolute Gasteiger partial charge is 0.248 e. The van der Waals surface area contributed by atoms with Gasteiger partial charge in [-0.3, -0.25) is 4.79 Å². The van der Waals surface area contributed by atoms with E-state index < -0.39 is 6.04 Å². The van der Waals surface area contributed by atoms with E-state index in [2.05, 4.69) is 6.07 Å². The molecule has 1 aromatic rings.